The zero-order valence-electron chi connectivity index (χ0n) is 26.7. The van der Waals surface area contributed by atoms with Gasteiger partial charge in [0.2, 0.25) is 0 Å². The molecule has 1 aliphatic rings. The molecule has 0 aromatic heterocycles. The molecule has 0 saturated carbocycles. The van der Waals surface area contributed by atoms with Crippen LogP contribution in [0.3, 0.4) is 0 Å². The van der Waals surface area contributed by atoms with Crippen LogP contribution in [0.5, 0.6) is 0 Å². The molecule has 0 amide bonds. The lowest BCUT2D eigenvalue weighted by molar-refractivity contribution is 0.257. The van der Waals surface area contributed by atoms with Gasteiger partial charge in [0.15, 0.2) is 0 Å². The second-order valence-corrected chi connectivity index (χ2v) is 12.6. The van der Waals surface area contributed by atoms with E-state index in [1.165, 1.54) is 199 Å². The summed E-state index contributed by atoms with van der Waals surface area (Å²) >= 11 is 0. The van der Waals surface area contributed by atoms with Gasteiger partial charge in [0, 0.05) is 25.5 Å². The maximum absolute atomic E-state index is 2.53. The fourth-order valence-corrected chi connectivity index (χ4v) is 6.00. The third kappa shape index (κ3) is 24.4. The van der Waals surface area contributed by atoms with E-state index in [-0.39, 0.29) is 0 Å². The molecule has 0 fully saturated rings. The zero-order valence-corrected chi connectivity index (χ0v) is 26.7. The Balaban J connectivity index is 1.74. The Morgan fingerprint density at radius 1 is 0.316 bits per heavy atom. The van der Waals surface area contributed by atoms with E-state index in [0.29, 0.717) is 0 Å². The Bertz CT molecular complexity index is 474. The van der Waals surface area contributed by atoms with Gasteiger partial charge in [0.25, 0.3) is 0 Å². The number of rotatable bonds is 31. The Morgan fingerprint density at radius 3 is 0.763 bits per heavy atom. The minimum absolute atomic E-state index is 1.14. The molecular formula is C36H72N2. The van der Waals surface area contributed by atoms with E-state index in [4.69, 9.17) is 0 Å². The van der Waals surface area contributed by atoms with Gasteiger partial charge in [-0.05, 0) is 12.8 Å². The first kappa shape index (κ1) is 35.4. The summed E-state index contributed by atoms with van der Waals surface area (Å²) in [5.41, 5.74) is 0. The van der Waals surface area contributed by atoms with E-state index in [1.54, 1.807) is 0 Å². The third-order valence-corrected chi connectivity index (χ3v) is 8.70. The lowest BCUT2D eigenvalue weighted by Crippen LogP contribution is -2.26. The van der Waals surface area contributed by atoms with Crippen molar-refractivity contribution in [2.45, 2.75) is 200 Å². The van der Waals surface area contributed by atoms with Crippen LogP contribution >= 0.6 is 0 Å². The van der Waals surface area contributed by atoms with Gasteiger partial charge in [-0.25, -0.2) is 0 Å². The van der Waals surface area contributed by atoms with Crippen molar-refractivity contribution in [3.63, 3.8) is 0 Å². The molecular weight excluding hydrogens is 460 g/mol. The molecule has 2 nitrogen and oxygen atoms in total. The van der Waals surface area contributed by atoms with Gasteiger partial charge in [-0.15, -0.1) is 0 Å². The van der Waals surface area contributed by atoms with Gasteiger partial charge in [0.1, 0.15) is 0 Å². The summed E-state index contributed by atoms with van der Waals surface area (Å²) in [6.45, 7) is 8.25. The summed E-state index contributed by atoms with van der Waals surface area (Å²) in [5.74, 6) is 0. The first-order valence-corrected chi connectivity index (χ1v) is 18.0. The molecule has 0 aromatic rings. The van der Waals surface area contributed by atoms with E-state index in [1.807, 2.05) is 0 Å². The van der Waals surface area contributed by atoms with E-state index < -0.39 is 0 Å². The lowest BCUT2D eigenvalue weighted by Gasteiger charge is -2.21. The average Bonchev–Trinajstić information content (AvgIpc) is 3.38. The molecule has 1 aliphatic heterocycles. The van der Waals surface area contributed by atoms with E-state index >= 15 is 0 Å². The van der Waals surface area contributed by atoms with Crippen LogP contribution in [-0.2, 0) is 0 Å². The molecule has 0 atom stereocenters. The van der Waals surface area contributed by atoms with Crippen molar-refractivity contribution in [3.05, 3.63) is 12.4 Å². The highest BCUT2D eigenvalue weighted by Gasteiger charge is 2.11. The first-order chi connectivity index (χ1) is 18.9. The molecule has 1 rings (SSSR count). The van der Waals surface area contributed by atoms with Crippen LogP contribution in [0, 0.1) is 0 Å². The van der Waals surface area contributed by atoms with Crippen molar-refractivity contribution in [2.24, 2.45) is 0 Å². The highest BCUT2D eigenvalue weighted by molar-refractivity contribution is 4.90. The predicted molar refractivity (Wildman–Crippen MR) is 173 cm³/mol. The average molecular weight is 533 g/mol. The van der Waals surface area contributed by atoms with E-state index in [9.17, 15) is 0 Å². The number of hydrogen-bond acceptors (Lipinski definition) is 2. The van der Waals surface area contributed by atoms with Crippen molar-refractivity contribution in [1.82, 2.24) is 9.80 Å². The van der Waals surface area contributed by atoms with Crippen molar-refractivity contribution in [1.29, 1.82) is 0 Å². The second kappa shape index (κ2) is 29.3. The molecule has 0 bridgehead atoms. The van der Waals surface area contributed by atoms with Gasteiger partial charge in [0.05, 0.1) is 6.67 Å². The van der Waals surface area contributed by atoms with Gasteiger partial charge >= 0.3 is 0 Å². The summed E-state index contributed by atoms with van der Waals surface area (Å²) in [4.78, 5) is 5.07. The Morgan fingerprint density at radius 2 is 0.526 bits per heavy atom. The van der Waals surface area contributed by atoms with Gasteiger partial charge < -0.3 is 9.80 Å². The highest BCUT2D eigenvalue weighted by atomic mass is 15.3. The van der Waals surface area contributed by atoms with Crippen LogP contribution in [0.4, 0.5) is 0 Å². The molecule has 0 aromatic carbocycles. The Hall–Kier alpha value is -0.660. The maximum atomic E-state index is 2.53. The molecule has 0 aliphatic carbocycles. The quantitative estimate of drug-likeness (QED) is 0.0819. The second-order valence-electron chi connectivity index (χ2n) is 12.6. The van der Waals surface area contributed by atoms with Crippen LogP contribution in [0.2, 0.25) is 0 Å². The normalized spacial score (nSPS) is 13.3. The minimum atomic E-state index is 1.14. The van der Waals surface area contributed by atoms with Crippen LogP contribution in [0.25, 0.3) is 0 Å². The number of unbranched alkanes of at least 4 members (excludes halogenated alkanes) is 27. The van der Waals surface area contributed by atoms with Crippen LogP contribution in [0.15, 0.2) is 12.4 Å². The maximum Gasteiger partial charge on any atom is 0.0893 e. The van der Waals surface area contributed by atoms with E-state index in [2.05, 4.69) is 36.0 Å². The molecule has 0 unspecified atom stereocenters. The molecule has 1 heterocycles. The van der Waals surface area contributed by atoms with Crippen molar-refractivity contribution in [3.8, 4) is 0 Å². The molecule has 0 N–H and O–H groups in total. The van der Waals surface area contributed by atoms with Crippen LogP contribution < -0.4 is 0 Å². The third-order valence-electron chi connectivity index (χ3n) is 8.70. The fourth-order valence-electron chi connectivity index (χ4n) is 6.00. The summed E-state index contributed by atoms with van der Waals surface area (Å²) < 4.78 is 0. The fraction of sp³-hybridized carbons (Fsp3) is 0.944. The first-order valence-electron chi connectivity index (χ1n) is 18.0. The molecule has 0 radical (unpaired) electrons. The summed E-state index contributed by atoms with van der Waals surface area (Å²) in [7, 11) is 0. The standard InChI is InChI=1S/C36H72N2/c1-3-5-7-9-11-13-15-17-19-21-23-25-27-29-31-33-38-35-34-37(36-38)32-30-28-26-24-22-20-18-16-14-12-10-8-6-4-2/h34-35H,3-33,36H2,1-2H3. The zero-order chi connectivity index (χ0) is 27.2. The predicted octanol–water partition coefficient (Wildman–Crippen LogP) is 12.4. The molecule has 226 valence electrons. The highest BCUT2D eigenvalue weighted by Crippen LogP contribution is 2.16. The number of nitrogens with zero attached hydrogens (tertiary/aromatic N) is 2. The smallest absolute Gasteiger partial charge is 0.0893 e. The van der Waals surface area contributed by atoms with Gasteiger partial charge in [-0.3, -0.25) is 0 Å². The summed E-state index contributed by atoms with van der Waals surface area (Å²) in [6.07, 6.45) is 46.7. The van der Waals surface area contributed by atoms with Gasteiger partial charge in [-0.2, -0.15) is 0 Å². The molecule has 38 heavy (non-hydrogen) atoms. The Kier molecular flexibility index (Phi) is 27.3. The van der Waals surface area contributed by atoms with Crippen LogP contribution in [0.1, 0.15) is 200 Å². The molecule has 2 heteroatoms. The summed E-state index contributed by atoms with van der Waals surface area (Å²) in [5, 5.41) is 0. The number of hydrogen-bond donors (Lipinski definition) is 0. The van der Waals surface area contributed by atoms with Crippen molar-refractivity contribution in [2.75, 3.05) is 19.8 Å². The van der Waals surface area contributed by atoms with E-state index in [0.717, 1.165) is 6.67 Å². The topological polar surface area (TPSA) is 6.48 Å². The van der Waals surface area contributed by atoms with Crippen molar-refractivity contribution >= 4 is 0 Å². The molecule has 0 saturated heterocycles. The molecule has 0 spiro atoms. The van der Waals surface area contributed by atoms with Crippen LogP contribution in [-0.4, -0.2) is 29.6 Å². The van der Waals surface area contributed by atoms with Gasteiger partial charge in [-0.1, -0.05) is 187 Å². The largest absolute Gasteiger partial charge is 0.359 e. The van der Waals surface area contributed by atoms with Crippen molar-refractivity contribution < 1.29 is 0 Å². The summed E-state index contributed by atoms with van der Waals surface area (Å²) in [6, 6.07) is 0. The minimum Gasteiger partial charge on any atom is -0.359 e. The lowest BCUT2D eigenvalue weighted by atomic mass is 10.0. The monoisotopic (exact) mass is 533 g/mol. The SMILES string of the molecule is CCCCCCCCCCCCCCCCCN1C=CN(CCCCCCCCCCCCCCCC)C1. The Labute approximate surface area is 241 Å².